The SMILES string of the molecule is COc1ccc(-c2nc(NC(=O)CCc3ncc(-c4ccccc4F)o3)n[nH]2)c(OC)c1. The van der Waals surface area contributed by atoms with Gasteiger partial charge >= 0.3 is 0 Å². The fraction of sp³-hybridized carbons (Fsp3) is 0.182. The first-order valence-electron chi connectivity index (χ1n) is 9.71. The predicted molar refractivity (Wildman–Crippen MR) is 114 cm³/mol. The Morgan fingerprint density at radius 2 is 2.00 bits per heavy atom. The molecule has 1 amide bonds. The maximum Gasteiger partial charge on any atom is 0.249 e. The average molecular weight is 437 g/mol. The van der Waals surface area contributed by atoms with Gasteiger partial charge in [-0.3, -0.25) is 15.2 Å². The molecule has 4 aromatic rings. The minimum Gasteiger partial charge on any atom is -0.497 e. The molecule has 2 N–H and O–H groups in total. The van der Waals surface area contributed by atoms with Crippen molar-refractivity contribution in [2.75, 3.05) is 19.5 Å². The van der Waals surface area contributed by atoms with Crippen molar-refractivity contribution in [1.29, 1.82) is 0 Å². The topological polar surface area (TPSA) is 115 Å². The Kier molecular flexibility index (Phi) is 6.11. The van der Waals surface area contributed by atoms with Gasteiger partial charge in [0.25, 0.3) is 0 Å². The minimum absolute atomic E-state index is 0.0902. The van der Waals surface area contributed by atoms with Crippen LogP contribution in [0.15, 0.2) is 53.1 Å². The quantitative estimate of drug-likeness (QED) is 0.430. The number of carbonyl (C=O) groups is 1. The Labute approximate surface area is 182 Å². The number of hydrogen-bond acceptors (Lipinski definition) is 7. The van der Waals surface area contributed by atoms with Crippen LogP contribution < -0.4 is 14.8 Å². The van der Waals surface area contributed by atoms with E-state index in [0.29, 0.717) is 40.1 Å². The number of aromatic amines is 1. The number of carbonyl (C=O) groups excluding carboxylic acids is 1. The Hall–Kier alpha value is -4.21. The summed E-state index contributed by atoms with van der Waals surface area (Å²) in [6.07, 6.45) is 1.77. The number of amides is 1. The number of nitrogens with zero attached hydrogens (tertiary/aromatic N) is 3. The van der Waals surface area contributed by atoms with Crippen LogP contribution in [0.1, 0.15) is 12.3 Å². The van der Waals surface area contributed by atoms with Gasteiger partial charge in [0.05, 0.1) is 31.5 Å². The number of nitrogens with one attached hydrogen (secondary N) is 2. The molecule has 9 nitrogen and oxygen atoms in total. The molecule has 2 aromatic heterocycles. The fourth-order valence-corrected chi connectivity index (χ4v) is 3.05. The van der Waals surface area contributed by atoms with Crippen molar-refractivity contribution in [3.8, 4) is 34.2 Å². The van der Waals surface area contributed by atoms with Crippen LogP contribution in [-0.4, -0.2) is 40.3 Å². The molecule has 0 saturated carbocycles. The van der Waals surface area contributed by atoms with E-state index in [9.17, 15) is 9.18 Å². The monoisotopic (exact) mass is 437 g/mol. The highest BCUT2D eigenvalue weighted by atomic mass is 19.1. The second-order valence-electron chi connectivity index (χ2n) is 6.72. The summed E-state index contributed by atoms with van der Waals surface area (Å²) in [6, 6.07) is 11.5. The number of anilines is 1. The number of oxazole rings is 1. The van der Waals surface area contributed by atoms with Crippen LogP contribution in [0, 0.1) is 5.82 Å². The molecule has 0 aliphatic carbocycles. The predicted octanol–water partition coefficient (Wildman–Crippen LogP) is 3.85. The maximum atomic E-state index is 13.9. The molecule has 164 valence electrons. The van der Waals surface area contributed by atoms with Gasteiger partial charge in [-0.2, -0.15) is 4.98 Å². The molecule has 0 aliphatic rings. The van der Waals surface area contributed by atoms with Crippen molar-refractivity contribution >= 4 is 11.9 Å². The van der Waals surface area contributed by atoms with E-state index >= 15 is 0 Å². The third-order valence-corrected chi connectivity index (χ3v) is 4.66. The number of methoxy groups -OCH3 is 2. The van der Waals surface area contributed by atoms with Crippen LogP contribution in [0.3, 0.4) is 0 Å². The van der Waals surface area contributed by atoms with Crippen molar-refractivity contribution in [1.82, 2.24) is 20.2 Å². The highest BCUT2D eigenvalue weighted by Gasteiger charge is 2.15. The summed E-state index contributed by atoms with van der Waals surface area (Å²) in [5, 5.41) is 9.42. The smallest absolute Gasteiger partial charge is 0.249 e. The standard InChI is InChI=1S/C22H20FN5O4/c1-30-13-7-8-15(17(11-13)31-2)21-26-22(28-27-21)25-19(29)9-10-20-24-12-18(32-20)14-5-3-4-6-16(14)23/h3-8,11-12H,9-10H2,1-2H3,(H2,25,26,27,28,29). The van der Waals surface area contributed by atoms with Gasteiger partial charge in [0.1, 0.15) is 17.3 Å². The van der Waals surface area contributed by atoms with Gasteiger partial charge in [-0.1, -0.05) is 12.1 Å². The summed E-state index contributed by atoms with van der Waals surface area (Å²) in [6.45, 7) is 0. The number of H-pyrrole nitrogens is 1. The Bertz CT molecular complexity index is 1240. The van der Waals surface area contributed by atoms with E-state index in [4.69, 9.17) is 13.9 Å². The number of halogens is 1. The van der Waals surface area contributed by atoms with E-state index in [1.165, 1.54) is 19.4 Å². The van der Waals surface area contributed by atoms with Gasteiger partial charge in [-0.15, -0.1) is 5.10 Å². The molecule has 0 radical (unpaired) electrons. The summed E-state index contributed by atoms with van der Waals surface area (Å²) in [5.41, 5.74) is 0.986. The number of benzene rings is 2. The van der Waals surface area contributed by atoms with Gasteiger partial charge in [0.2, 0.25) is 11.9 Å². The zero-order valence-corrected chi connectivity index (χ0v) is 17.4. The zero-order valence-electron chi connectivity index (χ0n) is 17.4. The molecule has 0 aliphatic heterocycles. The van der Waals surface area contributed by atoms with Crippen LogP contribution in [0.2, 0.25) is 0 Å². The Morgan fingerprint density at radius 1 is 1.16 bits per heavy atom. The fourth-order valence-electron chi connectivity index (χ4n) is 3.05. The number of hydrogen-bond donors (Lipinski definition) is 2. The van der Waals surface area contributed by atoms with E-state index in [1.807, 2.05) is 0 Å². The molecule has 32 heavy (non-hydrogen) atoms. The van der Waals surface area contributed by atoms with Gasteiger partial charge in [0.15, 0.2) is 17.5 Å². The van der Waals surface area contributed by atoms with E-state index in [1.54, 1.807) is 43.5 Å². The van der Waals surface area contributed by atoms with E-state index in [2.05, 4.69) is 25.5 Å². The summed E-state index contributed by atoms with van der Waals surface area (Å²) in [7, 11) is 3.10. The lowest BCUT2D eigenvalue weighted by molar-refractivity contribution is -0.116. The molecule has 2 aromatic carbocycles. The largest absolute Gasteiger partial charge is 0.497 e. The van der Waals surface area contributed by atoms with Crippen molar-refractivity contribution in [2.45, 2.75) is 12.8 Å². The second-order valence-corrected chi connectivity index (χ2v) is 6.72. The highest BCUT2D eigenvalue weighted by Crippen LogP contribution is 2.31. The average Bonchev–Trinajstić information content (AvgIpc) is 3.47. The molecule has 0 atom stereocenters. The molecular weight excluding hydrogens is 417 g/mol. The van der Waals surface area contributed by atoms with E-state index in [0.717, 1.165) is 0 Å². The molecule has 0 spiro atoms. The van der Waals surface area contributed by atoms with Crippen molar-refractivity contribution < 1.29 is 23.1 Å². The molecular formula is C22H20FN5O4. The first-order chi connectivity index (χ1) is 15.6. The Balaban J connectivity index is 1.37. The summed E-state index contributed by atoms with van der Waals surface area (Å²) in [5.74, 6) is 1.67. The molecule has 0 fully saturated rings. The van der Waals surface area contributed by atoms with Crippen LogP contribution in [0.25, 0.3) is 22.7 Å². The highest BCUT2D eigenvalue weighted by molar-refractivity contribution is 5.89. The lowest BCUT2D eigenvalue weighted by atomic mass is 10.2. The number of aryl methyl sites for hydroxylation is 1. The molecule has 4 rings (SSSR count). The molecule has 10 heteroatoms. The number of rotatable bonds is 8. The third kappa shape index (κ3) is 4.59. The third-order valence-electron chi connectivity index (χ3n) is 4.66. The minimum atomic E-state index is -0.401. The van der Waals surface area contributed by atoms with Crippen LogP contribution in [0.5, 0.6) is 11.5 Å². The number of ether oxygens (including phenoxy) is 2. The van der Waals surface area contributed by atoms with Crippen LogP contribution >= 0.6 is 0 Å². The van der Waals surface area contributed by atoms with Crippen LogP contribution in [0.4, 0.5) is 10.3 Å². The summed E-state index contributed by atoms with van der Waals surface area (Å²) >= 11 is 0. The Morgan fingerprint density at radius 3 is 2.78 bits per heavy atom. The van der Waals surface area contributed by atoms with Gasteiger partial charge in [0, 0.05) is 18.9 Å². The van der Waals surface area contributed by atoms with Crippen molar-refractivity contribution in [3.05, 3.63) is 60.4 Å². The van der Waals surface area contributed by atoms with E-state index in [-0.39, 0.29) is 24.7 Å². The molecule has 0 unspecified atom stereocenters. The molecule has 0 saturated heterocycles. The second kappa shape index (κ2) is 9.29. The van der Waals surface area contributed by atoms with Crippen LogP contribution in [-0.2, 0) is 11.2 Å². The zero-order chi connectivity index (χ0) is 22.5. The molecule has 0 bridgehead atoms. The number of aromatic nitrogens is 4. The summed E-state index contributed by atoms with van der Waals surface area (Å²) in [4.78, 5) is 20.7. The molecule has 2 heterocycles. The maximum absolute atomic E-state index is 13.9. The first-order valence-corrected chi connectivity index (χ1v) is 9.71. The first kappa shape index (κ1) is 21.0. The van der Waals surface area contributed by atoms with Gasteiger partial charge < -0.3 is 13.9 Å². The normalized spacial score (nSPS) is 10.7. The van der Waals surface area contributed by atoms with Crippen molar-refractivity contribution in [2.24, 2.45) is 0 Å². The van der Waals surface area contributed by atoms with E-state index < -0.39 is 5.82 Å². The van der Waals surface area contributed by atoms with Crippen molar-refractivity contribution in [3.63, 3.8) is 0 Å². The lowest BCUT2D eigenvalue weighted by Crippen LogP contribution is -2.13. The lowest BCUT2D eigenvalue weighted by Gasteiger charge is -2.07. The van der Waals surface area contributed by atoms with Gasteiger partial charge in [-0.05, 0) is 24.3 Å². The van der Waals surface area contributed by atoms with Gasteiger partial charge in [-0.25, -0.2) is 9.37 Å². The summed E-state index contributed by atoms with van der Waals surface area (Å²) < 4.78 is 30.0.